The summed E-state index contributed by atoms with van der Waals surface area (Å²) in [6.07, 6.45) is 0.0516. The van der Waals surface area contributed by atoms with Crippen molar-refractivity contribution < 1.29 is 14.4 Å². The molecular weight excluding hydrogens is 422 g/mol. The smallest absolute Gasteiger partial charge is 0.227 e. The lowest BCUT2D eigenvalue weighted by Gasteiger charge is -2.35. The zero-order chi connectivity index (χ0) is 21.7. The number of amides is 2. The fourth-order valence-corrected chi connectivity index (χ4v) is 4.52. The number of carbonyl (C=O) groups is 3. The van der Waals surface area contributed by atoms with Crippen molar-refractivity contribution in [1.29, 1.82) is 0 Å². The summed E-state index contributed by atoms with van der Waals surface area (Å²) in [6.45, 7) is 3.38. The van der Waals surface area contributed by atoms with Crippen LogP contribution in [0.5, 0.6) is 0 Å². The Bertz CT molecular complexity index is 953. The van der Waals surface area contributed by atoms with Gasteiger partial charge in [-0.1, -0.05) is 35.9 Å². The summed E-state index contributed by atoms with van der Waals surface area (Å²) in [5.41, 5.74) is 1.90. The van der Waals surface area contributed by atoms with Gasteiger partial charge in [0.05, 0.1) is 5.92 Å². The van der Waals surface area contributed by atoms with Crippen LogP contribution < -0.4 is 16.0 Å². The summed E-state index contributed by atoms with van der Waals surface area (Å²) in [6, 6.07) is 14.2. The van der Waals surface area contributed by atoms with Crippen molar-refractivity contribution in [2.24, 2.45) is 5.92 Å². The van der Waals surface area contributed by atoms with Crippen molar-refractivity contribution in [3.05, 3.63) is 64.7 Å². The highest BCUT2D eigenvalue weighted by Gasteiger charge is 2.35. The van der Waals surface area contributed by atoms with Crippen molar-refractivity contribution in [1.82, 2.24) is 10.6 Å². The van der Waals surface area contributed by atoms with Crippen molar-refractivity contribution in [3.63, 3.8) is 0 Å². The number of Topliss-reactive ketones (excluding diaryl/α,β-unsaturated/α-hetero) is 1. The van der Waals surface area contributed by atoms with Crippen LogP contribution in [0.3, 0.4) is 0 Å². The molecule has 2 aromatic rings. The second kappa shape index (κ2) is 10.1. The van der Waals surface area contributed by atoms with Crippen LogP contribution in [0.2, 0.25) is 5.02 Å². The standard InChI is InChI=1S/C22H24ClN3O3S/c1-13-19(11-20(28)25-18-8-4-6-16(10-18)14(2)27)21(29)26-22(24-13)30-12-15-5-3-7-17(23)9-15/h3-10,13,19,22,24H,11-12H2,1-2H3,(H,25,28)(H,26,29). The quantitative estimate of drug-likeness (QED) is 0.564. The number of ketones is 1. The van der Waals surface area contributed by atoms with E-state index >= 15 is 0 Å². The Morgan fingerprint density at radius 2 is 1.93 bits per heavy atom. The Kier molecular flexibility index (Phi) is 7.53. The average molecular weight is 446 g/mol. The maximum atomic E-state index is 12.6. The molecule has 0 aliphatic carbocycles. The first kappa shape index (κ1) is 22.3. The molecule has 1 aliphatic heterocycles. The van der Waals surface area contributed by atoms with Gasteiger partial charge in [0.15, 0.2) is 5.78 Å². The van der Waals surface area contributed by atoms with E-state index in [0.29, 0.717) is 22.0 Å². The summed E-state index contributed by atoms with van der Waals surface area (Å²) < 4.78 is 0. The summed E-state index contributed by atoms with van der Waals surface area (Å²) in [5.74, 6) is -0.281. The molecule has 1 aliphatic rings. The molecule has 2 amide bonds. The van der Waals surface area contributed by atoms with Gasteiger partial charge in [-0.2, -0.15) is 0 Å². The van der Waals surface area contributed by atoms with Crippen LogP contribution in [0.25, 0.3) is 0 Å². The van der Waals surface area contributed by atoms with Crippen LogP contribution in [0.4, 0.5) is 5.69 Å². The number of nitrogens with one attached hydrogen (secondary N) is 3. The highest BCUT2D eigenvalue weighted by Crippen LogP contribution is 2.23. The van der Waals surface area contributed by atoms with Crippen molar-refractivity contribution in [2.45, 2.75) is 37.6 Å². The molecule has 1 fully saturated rings. The van der Waals surface area contributed by atoms with Crippen LogP contribution in [0, 0.1) is 5.92 Å². The molecule has 8 heteroatoms. The van der Waals surface area contributed by atoms with Gasteiger partial charge in [-0.25, -0.2) is 0 Å². The van der Waals surface area contributed by atoms with Gasteiger partial charge in [-0.3, -0.25) is 19.7 Å². The predicted octanol–water partition coefficient (Wildman–Crippen LogP) is 3.81. The average Bonchev–Trinajstić information content (AvgIpc) is 2.69. The van der Waals surface area contributed by atoms with Gasteiger partial charge < -0.3 is 10.6 Å². The van der Waals surface area contributed by atoms with E-state index in [1.165, 1.54) is 6.92 Å². The van der Waals surface area contributed by atoms with E-state index < -0.39 is 5.92 Å². The van der Waals surface area contributed by atoms with Crippen molar-refractivity contribution in [3.8, 4) is 0 Å². The Labute approximate surface area is 185 Å². The van der Waals surface area contributed by atoms with Gasteiger partial charge in [0.2, 0.25) is 11.8 Å². The van der Waals surface area contributed by atoms with Gasteiger partial charge in [-0.15, -0.1) is 11.8 Å². The van der Waals surface area contributed by atoms with E-state index in [0.717, 1.165) is 5.56 Å². The topological polar surface area (TPSA) is 87.3 Å². The molecule has 1 heterocycles. The molecular formula is C22H24ClN3O3S. The third kappa shape index (κ3) is 6.08. The monoisotopic (exact) mass is 445 g/mol. The maximum absolute atomic E-state index is 12.6. The third-order valence-electron chi connectivity index (χ3n) is 4.89. The second-order valence-electron chi connectivity index (χ2n) is 7.28. The Hall–Kier alpha value is -2.35. The molecule has 0 aromatic heterocycles. The lowest BCUT2D eigenvalue weighted by Crippen LogP contribution is -2.59. The molecule has 158 valence electrons. The van der Waals surface area contributed by atoms with Crippen LogP contribution >= 0.6 is 23.4 Å². The van der Waals surface area contributed by atoms with Crippen LogP contribution in [0.1, 0.15) is 36.2 Å². The molecule has 0 saturated carbocycles. The van der Waals surface area contributed by atoms with E-state index in [2.05, 4.69) is 16.0 Å². The van der Waals surface area contributed by atoms with Gasteiger partial charge in [-0.05, 0) is 43.7 Å². The van der Waals surface area contributed by atoms with Gasteiger partial charge >= 0.3 is 0 Å². The summed E-state index contributed by atoms with van der Waals surface area (Å²) in [7, 11) is 0. The largest absolute Gasteiger partial charge is 0.331 e. The molecule has 3 N–H and O–H groups in total. The Morgan fingerprint density at radius 3 is 2.63 bits per heavy atom. The number of carbonyl (C=O) groups excluding carboxylic acids is 3. The number of thioether (sulfide) groups is 1. The second-order valence-corrected chi connectivity index (χ2v) is 8.81. The minimum atomic E-state index is -0.482. The minimum Gasteiger partial charge on any atom is -0.331 e. The summed E-state index contributed by atoms with van der Waals surface area (Å²) in [5, 5.41) is 9.73. The van der Waals surface area contributed by atoms with Crippen LogP contribution in [-0.4, -0.2) is 29.1 Å². The number of rotatable bonds is 7. The lowest BCUT2D eigenvalue weighted by atomic mass is 9.94. The lowest BCUT2D eigenvalue weighted by molar-refractivity contribution is -0.131. The zero-order valence-electron chi connectivity index (χ0n) is 16.8. The molecule has 0 spiro atoms. The first-order chi connectivity index (χ1) is 14.3. The fourth-order valence-electron chi connectivity index (χ4n) is 3.25. The zero-order valence-corrected chi connectivity index (χ0v) is 18.3. The molecule has 1 saturated heterocycles. The van der Waals surface area contributed by atoms with E-state index in [1.54, 1.807) is 36.0 Å². The number of hydrogen-bond acceptors (Lipinski definition) is 5. The van der Waals surface area contributed by atoms with Crippen molar-refractivity contribution in [2.75, 3.05) is 5.32 Å². The molecule has 0 bridgehead atoms. The highest BCUT2D eigenvalue weighted by molar-refractivity contribution is 7.99. The molecule has 2 aromatic carbocycles. The van der Waals surface area contributed by atoms with E-state index in [-0.39, 0.29) is 35.6 Å². The number of halogens is 1. The fraction of sp³-hybridized carbons (Fsp3) is 0.318. The van der Waals surface area contributed by atoms with Crippen molar-refractivity contribution >= 4 is 46.6 Å². The summed E-state index contributed by atoms with van der Waals surface area (Å²) >= 11 is 7.57. The predicted molar refractivity (Wildman–Crippen MR) is 120 cm³/mol. The molecule has 6 nitrogen and oxygen atoms in total. The Balaban J connectivity index is 1.53. The number of benzene rings is 2. The normalized spacial score (nSPS) is 21.0. The van der Waals surface area contributed by atoms with Gasteiger partial charge in [0.25, 0.3) is 0 Å². The number of anilines is 1. The highest BCUT2D eigenvalue weighted by atomic mass is 35.5. The van der Waals surface area contributed by atoms with Gasteiger partial charge in [0.1, 0.15) is 5.50 Å². The van der Waals surface area contributed by atoms with E-state index in [4.69, 9.17) is 11.6 Å². The van der Waals surface area contributed by atoms with E-state index in [1.807, 2.05) is 31.2 Å². The Morgan fingerprint density at radius 1 is 1.17 bits per heavy atom. The minimum absolute atomic E-state index is 0.0516. The first-order valence-corrected chi connectivity index (χ1v) is 11.1. The maximum Gasteiger partial charge on any atom is 0.227 e. The molecule has 0 radical (unpaired) electrons. The third-order valence-corrected chi connectivity index (χ3v) is 6.21. The summed E-state index contributed by atoms with van der Waals surface area (Å²) in [4.78, 5) is 36.6. The number of hydrogen-bond donors (Lipinski definition) is 3. The molecule has 3 unspecified atom stereocenters. The van der Waals surface area contributed by atoms with Gasteiger partial charge in [0, 0.05) is 34.5 Å². The molecule has 3 rings (SSSR count). The van der Waals surface area contributed by atoms with E-state index in [9.17, 15) is 14.4 Å². The van der Waals surface area contributed by atoms with Crippen LogP contribution in [0.15, 0.2) is 48.5 Å². The van der Waals surface area contributed by atoms with Crippen LogP contribution in [-0.2, 0) is 15.3 Å². The first-order valence-electron chi connectivity index (χ1n) is 9.65. The molecule has 30 heavy (non-hydrogen) atoms. The molecule has 3 atom stereocenters. The SMILES string of the molecule is CC(=O)c1cccc(NC(=O)CC2C(=O)NC(SCc3cccc(Cl)c3)NC2C)c1.